The molecular weight excluding hydrogens is 404 g/mol. The zero-order valence-corrected chi connectivity index (χ0v) is 17.8. The van der Waals surface area contributed by atoms with Gasteiger partial charge in [-0.1, -0.05) is 31.9 Å². The maximum Gasteiger partial charge on any atom is 0.338 e. The fraction of sp³-hybridized carbons (Fsp3) is 0.579. The predicted octanol–water partition coefficient (Wildman–Crippen LogP) is 2.83. The van der Waals surface area contributed by atoms with Crippen molar-refractivity contribution in [2.24, 2.45) is 5.92 Å². The number of nitrogens with zero attached hydrogens (tertiary/aromatic N) is 1. The summed E-state index contributed by atoms with van der Waals surface area (Å²) >= 11 is 6.09. The number of hydrogen-bond acceptors (Lipinski definition) is 5. The number of benzene rings is 1. The molecule has 1 N–H and O–H groups in total. The fourth-order valence-corrected chi connectivity index (χ4v) is 4.86. The van der Waals surface area contributed by atoms with Gasteiger partial charge in [0.15, 0.2) is 6.61 Å². The van der Waals surface area contributed by atoms with Crippen molar-refractivity contribution in [3.63, 3.8) is 0 Å². The summed E-state index contributed by atoms with van der Waals surface area (Å²) in [7, 11) is -3.79. The molecule has 1 fully saturated rings. The number of sulfonamides is 1. The molecule has 1 aromatic rings. The lowest BCUT2D eigenvalue weighted by atomic mass is 10.1. The zero-order valence-electron chi connectivity index (χ0n) is 16.2. The Morgan fingerprint density at radius 2 is 1.89 bits per heavy atom. The number of piperidine rings is 1. The first kappa shape index (κ1) is 22.6. The van der Waals surface area contributed by atoms with Gasteiger partial charge in [0.05, 0.1) is 10.6 Å². The van der Waals surface area contributed by atoms with Crippen LogP contribution in [0, 0.1) is 5.92 Å². The summed E-state index contributed by atoms with van der Waals surface area (Å²) in [5.74, 6) is -0.716. The van der Waals surface area contributed by atoms with Gasteiger partial charge in [0, 0.05) is 19.6 Å². The Morgan fingerprint density at radius 1 is 1.21 bits per heavy atom. The van der Waals surface area contributed by atoms with E-state index in [0.717, 1.165) is 25.7 Å². The first-order valence-electron chi connectivity index (χ1n) is 9.45. The minimum Gasteiger partial charge on any atom is -0.452 e. The molecule has 1 aliphatic heterocycles. The smallest absolute Gasteiger partial charge is 0.338 e. The largest absolute Gasteiger partial charge is 0.452 e. The van der Waals surface area contributed by atoms with Crippen molar-refractivity contribution in [1.82, 2.24) is 9.62 Å². The van der Waals surface area contributed by atoms with Gasteiger partial charge in [0.1, 0.15) is 4.90 Å². The highest BCUT2D eigenvalue weighted by atomic mass is 35.5. The molecule has 1 aliphatic rings. The van der Waals surface area contributed by atoms with Gasteiger partial charge in [-0.25, -0.2) is 13.2 Å². The Hall–Kier alpha value is -1.64. The van der Waals surface area contributed by atoms with Crippen LogP contribution in [-0.2, 0) is 19.6 Å². The van der Waals surface area contributed by atoms with Crippen molar-refractivity contribution in [1.29, 1.82) is 0 Å². The summed E-state index contributed by atoms with van der Waals surface area (Å²) in [6.45, 7) is 5.04. The number of carbonyl (C=O) groups is 2. The summed E-state index contributed by atoms with van der Waals surface area (Å²) in [5, 5.41) is 2.72. The first-order chi connectivity index (χ1) is 13.2. The van der Waals surface area contributed by atoms with Gasteiger partial charge < -0.3 is 10.1 Å². The molecule has 0 bridgehead atoms. The van der Waals surface area contributed by atoms with Crippen LogP contribution in [0.1, 0.15) is 49.9 Å². The highest BCUT2D eigenvalue weighted by molar-refractivity contribution is 7.89. The molecule has 0 unspecified atom stereocenters. The molecule has 9 heteroatoms. The highest BCUT2D eigenvalue weighted by Gasteiger charge is 2.29. The Balaban J connectivity index is 2.03. The van der Waals surface area contributed by atoms with Crippen molar-refractivity contribution >= 4 is 33.5 Å². The molecule has 0 saturated carbocycles. The molecule has 1 heterocycles. The van der Waals surface area contributed by atoms with Crippen LogP contribution in [0.2, 0.25) is 5.02 Å². The number of rotatable bonds is 8. The summed E-state index contributed by atoms with van der Waals surface area (Å²) in [6, 6.07) is 3.96. The van der Waals surface area contributed by atoms with Crippen molar-refractivity contribution in [3.05, 3.63) is 28.8 Å². The topological polar surface area (TPSA) is 92.8 Å². The Labute approximate surface area is 171 Å². The maximum atomic E-state index is 12.8. The lowest BCUT2D eigenvalue weighted by Crippen LogP contribution is -2.35. The number of nitrogens with one attached hydrogen (secondary N) is 1. The van der Waals surface area contributed by atoms with E-state index in [2.05, 4.69) is 5.32 Å². The minimum absolute atomic E-state index is 0.0370. The van der Waals surface area contributed by atoms with Crippen molar-refractivity contribution in [2.45, 2.75) is 44.4 Å². The molecule has 156 valence electrons. The standard InChI is InChI=1S/C19H27ClN2O5S/c1-14(2)8-9-21-18(23)13-27-19(24)15-6-7-16(20)17(12-15)28(25,26)22-10-4-3-5-11-22/h6-7,12,14H,3-5,8-11,13H2,1-2H3,(H,21,23). The van der Waals surface area contributed by atoms with Gasteiger partial charge in [0.2, 0.25) is 10.0 Å². The van der Waals surface area contributed by atoms with Crippen molar-refractivity contribution in [3.8, 4) is 0 Å². The normalized spacial score (nSPS) is 15.4. The van der Waals surface area contributed by atoms with E-state index in [-0.39, 0.29) is 15.5 Å². The number of esters is 1. The molecule has 1 amide bonds. The van der Waals surface area contributed by atoms with Crippen molar-refractivity contribution in [2.75, 3.05) is 26.2 Å². The van der Waals surface area contributed by atoms with Gasteiger partial charge in [0.25, 0.3) is 5.91 Å². The lowest BCUT2D eigenvalue weighted by molar-refractivity contribution is -0.124. The number of amides is 1. The fourth-order valence-electron chi connectivity index (χ4n) is 2.84. The van der Waals surface area contributed by atoms with Crippen LogP contribution in [0.3, 0.4) is 0 Å². The van der Waals surface area contributed by atoms with Gasteiger partial charge in [-0.05, 0) is 43.4 Å². The molecule has 0 radical (unpaired) electrons. The second-order valence-corrected chi connectivity index (χ2v) is 9.53. The summed E-state index contributed by atoms with van der Waals surface area (Å²) in [6.07, 6.45) is 3.41. The van der Waals surface area contributed by atoms with E-state index in [9.17, 15) is 18.0 Å². The molecule has 1 saturated heterocycles. The van der Waals surface area contributed by atoms with Gasteiger partial charge >= 0.3 is 5.97 Å². The summed E-state index contributed by atoms with van der Waals surface area (Å²) in [5.41, 5.74) is 0.0370. The molecule has 28 heavy (non-hydrogen) atoms. The minimum atomic E-state index is -3.79. The number of hydrogen-bond donors (Lipinski definition) is 1. The summed E-state index contributed by atoms with van der Waals surface area (Å²) in [4.78, 5) is 23.9. The third-order valence-corrected chi connectivity index (χ3v) is 6.86. The monoisotopic (exact) mass is 430 g/mol. The van der Waals surface area contributed by atoms with E-state index in [4.69, 9.17) is 16.3 Å². The number of carbonyl (C=O) groups excluding carboxylic acids is 2. The molecule has 1 aromatic carbocycles. The Bertz CT molecular complexity index is 805. The van der Waals surface area contributed by atoms with E-state index < -0.39 is 28.5 Å². The quantitative estimate of drug-likeness (QED) is 0.640. The molecule has 0 aliphatic carbocycles. The summed E-state index contributed by atoms with van der Waals surface area (Å²) < 4.78 is 32.1. The second-order valence-electron chi connectivity index (χ2n) is 7.22. The van der Waals surface area contributed by atoms with Gasteiger partial charge in [-0.3, -0.25) is 4.79 Å². The van der Waals surface area contributed by atoms with E-state index in [1.807, 2.05) is 13.8 Å². The van der Waals surface area contributed by atoms with Crippen LogP contribution in [-0.4, -0.2) is 50.8 Å². The third kappa shape index (κ3) is 6.18. The molecule has 0 aromatic heterocycles. The van der Waals surface area contributed by atoms with E-state index in [1.165, 1.54) is 22.5 Å². The third-order valence-electron chi connectivity index (χ3n) is 4.48. The maximum absolute atomic E-state index is 12.8. The van der Waals surface area contributed by atoms with Gasteiger partial charge in [-0.2, -0.15) is 4.31 Å². The van der Waals surface area contributed by atoms with Crippen LogP contribution in [0.25, 0.3) is 0 Å². The van der Waals surface area contributed by atoms with Crippen LogP contribution in [0.5, 0.6) is 0 Å². The predicted molar refractivity (Wildman–Crippen MR) is 107 cm³/mol. The van der Waals surface area contributed by atoms with E-state index in [0.29, 0.717) is 25.6 Å². The zero-order chi connectivity index (χ0) is 20.7. The SMILES string of the molecule is CC(C)CCNC(=O)COC(=O)c1ccc(Cl)c(S(=O)(=O)N2CCCCC2)c1. The lowest BCUT2D eigenvalue weighted by Gasteiger charge is -2.26. The van der Waals surface area contributed by atoms with E-state index >= 15 is 0 Å². The van der Waals surface area contributed by atoms with Crippen LogP contribution >= 0.6 is 11.6 Å². The average molecular weight is 431 g/mol. The number of halogens is 1. The number of ether oxygens (including phenoxy) is 1. The van der Waals surface area contributed by atoms with Crippen LogP contribution in [0.15, 0.2) is 23.1 Å². The Morgan fingerprint density at radius 3 is 2.54 bits per heavy atom. The molecular formula is C19H27ClN2O5S. The molecule has 2 rings (SSSR count). The van der Waals surface area contributed by atoms with E-state index in [1.54, 1.807) is 0 Å². The molecule has 0 spiro atoms. The molecule has 0 atom stereocenters. The average Bonchev–Trinajstić information content (AvgIpc) is 2.66. The van der Waals surface area contributed by atoms with Gasteiger partial charge in [-0.15, -0.1) is 0 Å². The highest BCUT2D eigenvalue weighted by Crippen LogP contribution is 2.28. The van der Waals surface area contributed by atoms with Crippen LogP contribution in [0.4, 0.5) is 0 Å². The second kappa shape index (κ2) is 10.2. The van der Waals surface area contributed by atoms with Crippen LogP contribution < -0.4 is 5.32 Å². The Kier molecular flexibility index (Phi) is 8.27. The van der Waals surface area contributed by atoms with Crippen molar-refractivity contribution < 1.29 is 22.7 Å². The first-order valence-corrected chi connectivity index (χ1v) is 11.3. The molecule has 7 nitrogen and oxygen atoms in total.